The van der Waals surface area contributed by atoms with Gasteiger partial charge in [0, 0.05) is 26.2 Å². The van der Waals surface area contributed by atoms with Gasteiger partial charge in [-0.05, 0) is 32.9 Å². The molecule has 3 heteroatoms. The highest BCUT2D eigenvalue weighted by atomic mass is 16.5. The normalized spacial score (nSPS) is 25.4. The van der Waals surface area contributed by atoms with Gasteiger partial charge in [-0.1, -0.05) is 13.3 Å². The van der Waals surface area contributed by atoms with E-state index in [-0.39, 0.29) is 0 Å². The summed E-state index contributed by atoms with van der Waals surface area (Å²) in [6.45, 7) is 8.84. The van der Waals surface area contributed by atoms with Crippen LogP contribution in [0.2, 0.25) is 0 Å². The Balaban J connectivity index is 2.35. The summed E-state index contributed by atoms with van der Waals surface area (Å²) in [5.41, 5.74) is 0. The number of likely N-dealkylation sites (tertiary alicyclic amines) is 1. The number of hydrogen-bond acceptors (Lipinski definition) is 3. The second kappa shape index (κ2) is 7.20. The minimum Gasteiger partial charge on any atom is -0.380 e. The first-order valence-corrected chi connectivity index (χ1v) is 6.25. The summed E-state index contributed by atoms with van der Waals surface area (Å²) in [6.07, 6.45) is 4.42. The third kappa shape index (κ3) is 4.49. The van der Waals surface area contributed by atoms with E-state index in [2.05, 4.69) is 24.1 Å². The number of likely N-dealkylation sites (N-methyl/N-ethyl adjacent to an activating group) is 1. The molecule has 0 saturated carbocycles. The molecule has 1 aliphatic rings. The number of rotatable bonds is 6. The van der Waals surface area contributed by atoms with Gasteiger partial charge in [-0.3, -0.25) is 4.90 Å². The highest BCUT2D eigenvalue weighted by Gasteiger charge is 2.22. The molecule has 3 nitrogen and oxygen atoms in total. The summed E-state index contributed by atoms with van der Waals surface area (Å²) >= 11 is 0. The van der Waals surface area contributed by atoms with E-state index in [4.69, 9.17) is 4.74 Å². The van der Waals surface area contributed by atoms with Crippen LogP contribution in [0.4, 0.5) is 0 Å². The first-order valence-electron chi connectivity index (χ1n) is 6.25. The summed E-state index contributed by atoms with van der Waals surface area (Å²) in [5, 5.41) is 3.46. The fourth-order valence-electron chi connectivity index (χ4n) is 2.25. The van der Waals surface area contributed by atoms with Gasteiger partial charge in [0.05, 0.1) is 6.10 Å². The zero-order chi connectivity index (χ0) is 11.1. The van der Waals surface area contributed by atoms with Crippen LogP contribution >= 0.6 is 0 Å². The predicted molar refractivity (Wildman–Crippen MR) is 64.2 cm³/mol. The van der Waals surface area contributed by atoms with Crippen molar-refractivity contribution in [2.75, 3.05) is 33.3 Å². The lowest BCUT2D eigenvalue weighted by Crippen LogP contribution is -2.48. The first kappa shape index (κ1) is 12.9. The topological polar surface area (TPSA) is 24.5 Å². The summed E-state index contributed by atoms with van der Waals surface area (Å²) in [5.74, 6) is 0. The second-order valence-corrected chi connectivity index (χ2v) is 4.50. The molecule has 0 aromatic carbocycles. The van der Waals surface area contributed by atoms with Crippen LogP contribution in [-0.2, 0) is 4.74 Å². The molecule has 15 heavy (non-hydrogen) atoms. The van der Waals surface area contributed by atoms with E-state index in [9.17, 15) is 0 Å². The number of nitrogens with zero attached hydrogens (tertiary/aromatic N) is 1. The maximum atomic E-state index is 5.34. The van der Waals surface area contributed by atoms with E-state index in [0.717, 1.165) is 25.7 Å². The van der Waals surface area contributed by atoms with Gasteiger partial charge >= 0.3 is 0 Å². The third-order valence-corrected chi connectivity index (χ3v) is 3.27. The lowest BCUT2D eigenvalue weighted by Gasteiger charge is -2.37. The van der Waals surface area contributed by atoms with E-state index in [1.165, 1.54) is 25.8 Å². The van der Waals surface area contributed by atoms with Crippen LogP contribution in [0.15, 0.2) is 0 Å². The van der Waals surface area contributed by atoms with Gasteiger partial charge in [0.15, 0.2) is 0 Å². The van der Waals surface area contributed by atoms with Crippen LogP contribution in [-0.4, -0.2) is 50.3 Å². The van der Waals surface area contributed by atoms with Gasteiger partial charge in [0.25, 0.3) is 0 Å². The zero-order valence-corrected chi connectivity index (χ0v) is 10.5. The fourth-order valence-corrected chi connectivity index (χ4v) is 2.25. The number of hydrogen-bond donors (Lipinski definition) is 1. The Bertz CT molecular complexity index is 164. The smallest absolute Gasteiger partial charge is 0.0670 e. The molecule has 2 unspecified atom stereocenters. The minimum absolute atomic E-state index is 0.354. The van der Waals surface area contributed by atoms with E-state index in [1.54, 1.807) is 7.11 Å². The lowest BCUT2D eigenvalue weighted by molar-refractivity contribution is 0.0464. The Morgan fingerprint density at radius 2 is 2.27 bits per heavy atom. The summed E-state index contributed by atoms with van der Waals surface area (Å²) in [6, 6.07) is 0.719. The zero-order valence-electron chi connectivity index (χ0n) is 10.5. The third-order valence-electron chi connectivity index (χ3n) is 3.27. The molecule has 1 aliphatic heterocycles. The SMILES string of the molecule is CCNCC1CCCCN1CC(C)OC. The Hall–Kier alpha value is -0.120. The van der Waals surface area contributed by atoms with Crippen molar-refractivity contribution in [2.24, 2.45) is 0 Å². The Morgan fingerprint density at radius 1 is 1.47 bits per heavy atom. The number of methoxy groups -OCH3 is 1. The number of piperidine rings is 1. The van der Waals surface area contributed by atoms with Crippen molar-refractivity contribution in [3.05, 3.63) is 0 Å². The number of nitrogens with one attached hydrogen (secondary N) is 1. The van der Waals surface area contributed by atoms with Crippen molar-refractivity contribution < 1.29 is 4.74 Å². The van der Waals surface area contributed by atoms with Gasteiger partial charge in [-0.2, -0.15) is 0 Å². The van der Waals surface area contributed by atoms with Crippen LogP contribution in [0.25, 0.3) is 0 Å². The number of ether oxygens (including phenoxy) is 1. The molecule has 1 heterocycles. The lowest BCUT2D eigenvalue weighted by atomic mass is 10.0. The molecule has 0 spiro atoms. The highest BCUT2D eigenvalue weighted by molar-refractivity contribution is 4.79. The van der Waals surface area contributed by atoms with Crippen molar-refractivity contribution in [3.63, 3.8) is 0 Å². The first-order chi connectivity index (χ1) is 7.27. The van der Waals surface area contributed by atoms with Crippen molar-refractivity contribution in [2.45, 2.75) is 45.3 Å². The predicted octanol–water partition coefficient (Wildman–Crippen LogP) is 1.49. The molecule has 0 aromatic heterocycles. The highest BCUT2D eigenvalue weighted by Crippen LogP contribution is 2.16. The van der Waals surface area contributed by atoms with Crippen LogP contribution in [0.3, 0.4) is 0 Å². The van der Waals surface area contributed by atoms with Crippen LogP contribution in [0.1, 0.15) is 33.1 Å². The molecule has 90 valence electrons. The van der Waals surface area contributed by atoms with Gasteiger partial charge in [-0.15, -0.1) is 0 Å². The Kier molecular flexibility index (Phi) is 6.22. The summed E-state index contributed by atoms with van der Waals surface area (Å²) in [4.78, 5) is 2.58. The van der Waals surface area contributed by atoms with Crippen molar-refractivity contribution in [1.82, 2.24) is 10.2 Å². The molecule has 0 radical (unpaired) electrons. The van der Waals surface area contributed by atoms with Gasteiger partial charge in [0.2, 0.25) is 0 Å². The summed E-state index contributed by atoms with van der Waals surface area (Å²) in [7, 11) is 1.80. The quantitative estimate of drug-likeness (QED) is 0.725. The van der Waals surface area contributed by atoms with Crippen LogP contribution in [0.5, 0.6) is 0 Å². The van der Waals surface area contributed by atoms with E-state index < -0.39 is 0 Å². The molecule has 1 fully saturated rings. The van der Waals surface area contributed by atoms with E-state index in [0.29, 0.717) is 6.10 Å². The second-order valence-electron chi connectivity index (χ2n) is 4.50. The van der Waals surface area contributed by atoms with Gasteiger partial charge < -0.3 is 10.1 Å². The van der Waals surface area contributed by atoms with E-state index >= 15 is 0 Å². The maximum Gasteiger partial charge on any atom is 0.0670 e. The van der Waals surface area contributed by atoms with Crippen LogP contribution in [0, 0.1) is 0 Å². The molecule has 1 rings (SSSR count). The molecule has 1 saturated heterocycles. The van der Waals surface area contributed by atoms with Crippen LogP contribution < -0.4 is 5.32 Å². The molecular weight excluding hydrogens is 188 g/mol. The van der Waals surface area contributed by atoms with Crippen molar-refractivity contribution in [1.29, 1.82) is 0 Å². The molecular formula is C12H26N2O. The standard InChI is InChI=1S/C12H26N2O/c1-4-13-9-12-7-5-6-8-14(12)10-11(2)15-3/h11-13H,4-10H2,1-3H3. The maximum absolute atomic E-state index is 5.34. The largest absolute Gasteiger partial charge is 0.380 e. The monoisotopic (exact) mass is 214 g/mol. The molecule has 0 aromatic rings. The van der Waals surface area contributed by atoms with Gasteiger partial charge in [0.1, 0.15) is 0 Å². The molecule has 0 aliphatic carbocycles. The molecule has 0 bridgehead atoms. The molecule has 0 amide bonds. The molecule has 1 N–H and O–H groups in total. The Morgan fingerprint density at radius 3 is 2.93 bits per heavy atom. The summed E-state index contributed by atoms with van der Waals surface area (Å²) < 4.78 is 5.34. The van der Waals surface area contributed by atoms with Crippen molar-refractivity contribution in [3.8, 4) is 0 Å². The Labute approximate surface area is 94.2 Å². The van der Waals surface area contributed by atoms with E-state index in [1.807, 2.05) is 0 Å². The minimum atomic E-state index is 0.354. The van der Waals surface area contributed by atoms with Gasteiger partial charge in [-0.25, -0.2) is 0 Å². The molecule has 2 atom stereocenters. The fraction of sp³-hybridized carbons (Fsp3) is 1.00. The average Bonchev–Trinajstić information content (AvgIpc) is 2.28. The average molecular weight is 214 g/mol. The van der Waals surface area contributed by atoms with Crippen molar-refractivity contribution >= 4 is 0 Å².